The minimum Gasteiger partial charge on any atom is -0.508 e. The van der Waals surface area contributed by atoms with Gasteiger partial charge in [0.25, 0.3) is 0 Å². The number of nitrogens with zero attached hydrogens (tertiary/aromatic N) is 1. The van der Waals surface area contributed by atoms with Crippen molar-refractivity contribution >= 4 is 0 Å². The summed E-state index contributed by atoms with van der Waals surface area (Å²) in [6, 6.07) is 8.76. The lowest BCUT2D eigenvalue weighted by molar-refractivity contribution is 0.475. The van der Waals surface area contributed by atoms with Crippen molar-refractivity contribution in [1.82, 2.24) is 10.2 Å². The molecule has 78 valence electrons. The largest absolute Gasteiger partial charge is 0.508 e. The van der Waals surface area contributed by atoms with Crippen molar-refractivity contribution in [2.45, 2.75) is 13.0 Å². The van der Waals surface area contributed by atoms with Gasteiger partial charge in [0.2, 0.25) is 0 Å². The van der Waals surface area contributed by atoms with Crippen molar-refractivity contribution in [2.24, 2.45) is 5.73 Å². The van der Waals surface area contributed by atoms with Gasteiger partial charge < -0.3 is 10.8 Å². The van der Waals surface area contributed by atoms with Gasteiger partial charge in [0.1, 0.15) is 5.75 Å². The highest BCUT2D eigenvalue weighted by molar-refractivity contribution is 5.60. The highest BCUT2D eigenvalue weighted by atomic mass is 16.3. The van der Waals surface area contributed by atoms with Gasteiger partial charge in [0, 0.05) is 11.6 Å². The van der Waals surface area contributed by atoms with Gasteiger partial charge in [0.05, 0.1) is 11.4 Å². The zero-order valence-corrected chi connectivity index (χ0v) is 8.44. The van der Waals surface area contributed by atoms with Crippen molar-refractivity contribution < 1.29 is 5.11 Å². The Balaban J connectivity index is 2.33. The SMILES string of the molecule is CC(N)c1cc(-c2ccc(O)cc2)n[nH]1. The van der Waals surface area contributed by atoms with Crippen LogP contribution in [0.1, 0.15) is 18.7 Å². The summed E-state index contributed by atoms with van der Waals surface area (Å²) in [5.74, 6) is 0.252. The number of aromatic hydroxyl groups is 1. The Morgan fingerprint density at radius 3 is 2.53 bits per heavy atom. The van der Waals surface area contributed by atoms with E-state index in [4.69, 9.17) is 10.8 Å². The molecule has 0 fully saturated rings. The predicted molar refractivity (Wildman–Crippen MR) is 58.3 cm³/mol. The van der Waals surface area contributed by atoms with Gasteiger partial charge >= 0.3 is 0 Å². The van der Waals surface area contributed by atoms with Crippen LogP contribution in [0, 0.1) is 0 Å². The van der Waals surface area contributed by atoms with Gasteiger partial charge in [-0.25, -0.2) is 0 Å². The molecule has 1 unspecified atom stereocenters. The molecule has 2 aromatic rings. The van der Waals surface area contributed by atoms with Crippen LogP contribution in [-0.2, 0) is 0 Å². The fraction of sp³-hybridized carbons (Fsp3) is 0.182. The first kappa shape index (κ1) is 9.73. The van der Waals surface area contributed by atoms with E-state index in [0.717, 1.165) is 17.0 Å². The van der Waals surface area contributed by atoms with Crippen molar-refractivity contribution in [3.63, 3.8) is 0 Å². The standard InChI is InChI=1S/C11H13N3O/c1-7(12)10-6-11(14-13-10)8-2-4-9(15)5-3-8/h2-7,15H,12H2,1H3,(H,13,14). The summed E-state index contributed by atoms with van der Waals surface area (Å²) >= 11 is 0. The maximum atomic E-state index is 9.15. The first-order chi connectivity index (χ1) is 7.16. The van der Waals surface area contributed by atoms with Gasteiger partial charge in [-0.3, -0.25) is 5.10 Å². The van der Waals surface area contributed by atoms with Crippen molar-refractivity contribution in [1.29, 1.82) is 0 Å². The van der Waals surface area contributed by atoms with Gasteiger partial charge in [0.15, 0.2) is 0 Å². The minimum atomic E-state index is -0.0524. The molecule has 0 spiro atoms. The molecular formula is C11H13N3O. The maximum absolute atomic E-state index is 9.15. The number of H-pyrrole nitrogens is 1. The predicted octanol–water partition coefficient (Wildman–Crippen LogP) is 1.80. The molecule has 0 saturated heterocycles. The Morgan fingerprint density at radius 2 is 2.00 bits per heavy atom. The number of benzene rings is 1. The highest BCUT2D eigenvalue weighted by Gasteiger charge is 2.06. The summed E-state index contributed by atoms with van der Waals surface area (Å²) < 4.78 is 0. The van der Waals surface area contributed by atoms with E-state index in [1.165, 1.54) is 0 Å². The maximum Gasteiger partial charge on any atom is 0.115 e. The van der Waals surface area contributed by atoms with Gasteiger partial charge in [-0.05, 0) is 37.3 Å². The number of phenols is 1. The van der Waals surface area contributed by atoms with E-state index in [9.17, 15) is 0 Å². The lowest BCUT2D eigenvalue weighted by Gasteiger charge is -1.97. The van der Waals surface area contributed by atoms with Crippen LogP contribution in [0.4, 0.5) is 0 Å². The number of aromatic nitrogens is 2. The summed E-state index contributed by atoms with van der Waals surface area (Å²) in [7, 11) is 0. The van der Waals surface area contributed by atoms with Crippen LogP contribution < -0.4 is 5.73 Å². The molecule has 0 amide bonds. The molecule has 1 atom stereocenters. The number of nitrogens with one attached hydrogen (secondary N) is 1. The van der Waals surface area contributed by atoms with Crippen LogP contribution in [0.15, 0.2) is 30.3 Å². The van der Waals surface area contributed by atoms with E-state index in [1.807, 2.05) is 25.1 Å². The topological polar surface area (TPSA) is 74.9 Å². The third kappa shape index (κ3) is 1.99. The lowest BCUT2D eigenvalue weighted by atomic mass is 10.1. The molecule has 1 aromatic carbocycles. The molecule has 2 rings (SSSR count). The summed E-state index contributed by atoms with van der Waals surface area (Å²) in [6.45, 7) is 1.90. The molecule has 0 saturated carbocycles. The second kappa shape index (κ2) is 3.74. The average Bonchev–Trinajstić information content (AvgIpc) is 2.68. The number of hydrogen-bond donors (Lipinski definition) is 3. The van der Waals surface area contributed by atoms with Crippen LogP contribution in [0.5, 0.6) is 5.75 Å². The monoisotopic (exact) mass is 203 g/mol. The summed E-state index contributed by atoms with van der Waals surface area (Å²) in [4.78, 5) is 0. The van der Waals surface area contributed by atoms with E-state index in [2.05, 4.69) is 10.2 Å². The van der Waals surface area contributed by atoms with E-state index in [-0.39, 0.29) is 11.8 Å². The molecule has 0 radical (unpaired) electrons. The first-order valence-electron chi connectivity index (χ1n) is 4.77. The fourth-order valence-corrected chi connectivity index (χ4v) is 1.35. The molecule has 4 nitrogen and oxygen atoms in total. The van der Waals surface area contributed by atoms with Crippen molar-refractivity contribution in [3.05, 3.63) is 36.0 Å². The second-order valence-corrected chi connectivity index (χ2v) is 3.54. The van der Waals surface area contributed by atoms with Gasteiger partial charge in [-0.15, -0.1) is 0 Å². The Hall–Kier alpha value is -1.81. The zero-order chi connectivity index (χ0) is 10.8. The number of hydrogen-bond acceptors (Lipinski definition) is 3. The van der Waals surface area contributed by atoms with Crippen LogP contribution in [0.3, 0.4) is 0 Å². The van der Waals surface area contributed by atoms with E-state index in [1.54, 1.807) is 12.1 Å². The van der Waals surface area contributed by atoms with Crippen LogP contribution in [0.2, 0.25) is 0 Å². The third-order valence-corrected chi connectivity index (χ3v) is 2.25. The summed E-state index contributed by atoms with van der Waals surface area (Å²) in [5.41, 5.74) is 8.41. The van der Waals surface area contributed by atoms with Gasteiger partial charge in [-0.2, -0.15) is 5.10 Å². The van der Waals surface area contributed by atoms with Crippen LogP contribution in [0.25, 0.3) is 11.3 Å². The number of aromatic amines is 1. The smallest absolute Gasteiger partial charge is 0.115 e. The third-order valence-electron chi connectivity index (χ3n) is 2.25. The molecule has 0 bridgehead atoms. The summed E-state index contributed by atoms with van der Waals surface area (Å²) in [5, 5.41) is 16.2. The van der Waals surface area contributed by atoms with Crippen molar-refractivity contribution in [2.75, 3.05) is 0 Å². The minimum absolute atomic E-state index is 0.0524. The lowest BCUT2D eigenvalue weighted by Crippen LogP contribution is -2.04. The fourth-order valence-electron chi connectivity index (χ4n) is 1.35. The molecule has 0 aliphatic rings. The second-order valence-electron chi connectivity index (χ2n) is 3.54. The molecule has 4 heteroatoms. The molecule has 1 heterocycles. The Morgan fingerprint density at radius 1 is 1.33 bits per heavy atom. The zero-order valence-electron chi connectivity index (χ0n) is 8.44. The van der Waals surface area contributed by atoms with Crippen molar-refractivity contribution in [3.8, 4) is 17.0 Å². The quantitative estimate of drug-likeness (QED) is 0.696. The normalized spacial score (nSPS) is 12.7. The number of phenolic OH excluding ortho intramolecular Hbond substituents is 1. The average molecular weight is 203 g/mol. The molecular weight excluding hydrogens is 190 g/mol. The summed E-state index contributed by atoms with van der Waals surface area (Å²) in [6.07, 6.45) is 0. The van der Waals surface area contributed by atoms with E-state index >= 15 is 0 Å². The molecule has 1 aromatic heterocycles. The number of nitrogens with two attached hydrogens (primary N) is 1. The highest BCUT2D eigenvalue weighted by Crippen LogP contribution is 2.21. The Labute approximate surface area is 87.7 Å². The number of rotatable bonds is 2. The molecule has 15 heavy (non-hydrogen) atoms. The molecule has 0 aliphatic heterocycles. The molecule has 4 N–H and O–H groups in total. The van der Waals surface area contributed by atoms with E-state index < -0.39 is 0 Å². The Kier molecular flexibility index (Phi) is 2.43. The van der Waals surface area contributed by atoms with E-state index in [0.29, 0.717) is 0 Å². The molecule has 0 aliphatic carbocycles. The van der Waals surface area contributed by atoms with Crippen LogP contribution in [-0.4, -0.2) is 15.3 Å². The van der Waals surface area contributed by atoms with Crippen LogP contribution >= 0.6 is 0 Å². The van der Waals surface area contributed by atoms with Gasteiger partial charge in [-0.1, -0.05) is 0 Å². The Bertz CT molecular complexity index is 445. The first-order valence-corrected chi connectivity index (χ1v) is 4.77.